The first-order valence-corrected chi connectivity index (χ1v) is 9.82. The minimum absolute atomic E-state index is 0.684. The van der Waals surface area contributed by atoms with E-state index in [1.54, 1.807) is 0 Å². The summed E-state index contributed by atoms with van der Waals surface area (Å²) in [4.78, 5) is 4.69. The minimum Gasteiger partial charge on any atom is -0.325 e. The van der Waals surface area contributed by atoms with Crippen molar-refractivity contribution in [2.45, 2.75) is 5.91 Å². The zero-order chi connectivity index (χ0) is 19.3. The van der Waals surface area contributed by atoms with E-state index in [1.807, 2.05) is 0 Å². The highest BCUT2D eigenvalue weighted by Crippen LogP contribution is 2.55. The average molecular weight is 376 g/mol. The highest BCUT2D eigenvalue weighted by atomic mass is 15.7. The fourth-order valence-electron chi connectivity index (χ4n) is 4.43. The number of para-hydroxylation sites is 6. The van der Waals surface area contributed by atoms with Crippen LogP contribution in [-0.2, 0) is 0 Å². The van der Waals surface area contributed by atoms with E-state index in [4.69, 9.17) is 0 Å². The molecule has 0 saturated carbocycles. The summed E-state index contributed by atoms with van der Waals surface area (Å²) in [5.74, 6) is -0.684. The molecule has 4 nitrogen and oxygen atoms in total. The molecule has 0 bridgehead atoms. The summed E-state index contributed by atoms with van der Waals surface area (Å²) in [6, 6.07) is 38.0. The molecule has 2 heterocycles. The predicted octanol–water partition coefficient (Wildman–Crippen LogP) is 6.13. The van der Waals surface area contributed by atoms with Crippen molar-refractivity contribution < 1.29 is 0 Å². The summed E-state index contributed by atoms with van der Waals surface area (Å²) < 4.78 is 0. The molecule has 0 atom stereocenters. The number of nitrogens with zero attached hydrogens (tertiary/aromatic N) is 2. The fourth-order valence-corrected chi connectivity index (χ4v) is 4.43. The van der Waals surface area contributed by atoms with Crippen LogP contribution in [0.5, 0.6) is 0 Å². The Labute approximate surface area is 170 Å². The summed E-state index contributed by atoms with van der Waals surface area (Å²) in [7, 11) is 0. The molecule has 2 N–H and O–H groups in total. The molecule has 0 fully saturated rings. The van der Waals surface area contributed by atoms with Crippen LogP contribution in [0, 0.1) is 0 Å². The van der Waals surface area contributed by atoms with Gasteiger partial charge < -0.3 is 10.6 Å². The Balaban J connectivity index is 1.63. The Kier molecular flexibility index (Phi) is 3.35. The van der Waals surface area contributed by atoms with Gasteiger partial charge in [-0.2, -0.15) is 0 Å². The monoisotopic (exact) mass is 376 g/mol. The van der Waals surface area contributed by atoms with Crippen molar-refractivity contribution in [3.63, 3.8) is 0 Å². The van der Waals surface area contributed by atoms with E-state index < -0.39 is 5.91 Å². The number of fused-ring (bicyclic) bond motifs is 2. The maximum Gasteiger partial charge on any atom is 0.282 e. The van der Waals surface area contributed by atoms with E-state index in [9.17, 15) is 0 Å². The highest BCUT2D eigenvalue weighted by Gasteiger charge is 2.54. The second-order valence-corrected chi connectivity index (χ2v) is 7.30. The first kappa shape index (κ1) is 16.1. The van der Waals surface area contributed by atoms with Crippen LogP contribution < -0.4 is 20.4 Å². The average Bonchev–Trinajstić information content (AvgIpc) is 3.29. The molecule has 0 radical (unpaired) electrons. The number of rotatable bonds is 2. The molecule has 4 aromatic rings. The molecule has 1 spiro atoms. The predicted molar refractivity (Wildman–Crippen MR) is 120 cm³/mol. The SMILES string of the molecule is c1ccc(N2c3ccccc3N(c3ccccc3)C23Nc2ccccc2N3)cc1. The first-order chi connectivity index (χ1) is 14.4. The van der Waals surface area contributed by atoms with Gasteiger partial charge in [-0.25, -0.2) is 0 Å². The number of anilines is 6. The number of nitrogens with one attached hydrogen (secondary N) is 2. The Bertz CT molecular complexity index is 1080. The molecule has 0 aliphatic carbocycles. The molecule has 140 valence electrons. The van der Waals surface area contributed by atoms with Crippen molar-refractivity contribution >= 4 is 34.1 Å². The zero-order valence-electron chi connectivity index (χ0n) is 15.8. The summed E-state index contributed by atoms with van der Waals surface area (Å²) in [5, 5.41) is 7.59. The quantitative estimate of drug-likeness (QED) is 0.441. The minimum atomic E-state index is -0.684. The largest absolute Gasteiger partial charge is 0.325 e. The van der Waals surface area contributed by atoms with Gasteiger partial charge in [-0.1, -0.05) is 60.7 Å². The van der Waals surface area contributed by atoms with Crippen LogP contribution in [-0.4, -0.2) is 5.91 Å². The maximum absolute atomic E-state index is 3.79. The van der Waals surface area contributed by atoms with Crippen molar-refractivity contribution in [3.8, 4) is 0 Å². The number of hydrogen-bond acceptors (Lipinski definition) is 4. The van der Waals surface area contributed by atoms with Gasteiger partial charge in [0.2, 0.25) is 0 Å². The van der Waals surface area contributed by atoms with Gasteiger partial charge in [-0.3, -0.25) is 9.80 Å². The van der Waals surface area contributed by atoms with E-state index in [2.05, 4.69) is 130 Å². The van der Waals surface area contributed by atoms with E-state index in [1.165, 1.54) is 0 Å². The first-order valence-electron chi connectivity index (χ1n) is 9.82. The van der Waals surface area contributed by atoms with Gasteiger partial charge in [-0.15, -0.1) is 0 Å². The molecule has 29 heavy (non-hydrogen) atoms. The molecule has 0 aromatic heterocycles. The fraction of sp³-hybridized carbons (Fsp3) is 0.0400. The van der Waals surface area contributed by atoms with Crippen LogP contribution in [0.3, 0.4) is 0 Å². The molecule has 4 aromatic carbocycles. The van der Waals surface area contributed by atoms with Crippen LogP contribution in [0.4, 0.5) is 34.1 Å². The number of benzene rings is 4. The molecule has 6 rings (SSSR count). The van der Waals surface area contributed by atoms with E-state index >= 15 is 0 Å². The molecule has 0 saturated heterocycles. The smallest absolute Gasteiger partial charge is 0.282 e. The number of hydrogen-bond donors (Lipinski definition) is 2. The maximum atomic E-state index is 3.79. The highest BCUT2D eigenvalue weighted by molar-refractivity contribution is 5.95. The van der Waals surface area contributed by atoms with E-state index in [-0.39, 0.29) is 0 Å². The topological polar surface area (TPSA) is 30.5 Å². The summed E-state index contributed by atoms with van der Waals surface area (Å²) in [5.41, 5.74) is 6.70. The van der Waals surface area contributed by atoms with Gasteiger partial charge in [-0.05, 0) is 48.5 Å². The Morgan fingerprint density at radius 2 is 0.828 bits per heavy atom. The van der Waals surface area contributed by atoms with Crippen LogP contribution in [0.15, 0.2) is 109 Å². The van der Waals surface area contributed by atoms with Crippen molar-refractivity contribution in [1.29, 1.82) is 0 Å². The second-order valence-electron chi connectivity index (χ2n) is 7.30. The lowest BCUT2D eigenvalue weighted by Gasteiger charge is -2.43. The third-order valence-corrected chi connectivity index (χ3v) is 5.58. The van der Waals surface area contributed by atoms with Crippen molar-refractivity contribution in [3.05, 3.63) is 109 Å². The summed E-state index contributed by atoms with van der Waals surface area (Å²) in [6.45, 7) is 0. The van der Waals surface area contributed by atoms with Crippen molar-refractivity contribution in [2.24, 2.45) is 0 Å². The van der Waals surface area contributed by atoms with Gasteiger partial charge in [0.15, 0.2) is 0 Å². The normalized spacial score (nSPS) is 15.6. The molecule has 2 aliphatic heterocycles. The standard InChI is InChI=1S/C25H20N4/c1-3-11-19(12-4-1)28-23-17-9-10-18-24(23)29(20-13-5-2-6-14-20)25(28)26-21-15-7-8-16-22(21)27-25/h1-18,26-27H. The van der Waals surface area contributed by atoms with Crippen molar-refractivity contribution in [2.75, 3.05) is 20.4 Å². The van der Waals surface area contributed by atoms with E-state index in [0.717, 1.165) is 34.1 Å². The molecule has 4 heteroatoms. The third-order valence-electron chi connectivity index (χ3n) is 5.58. The summed E-state index contributed by atoms with van der Waals surface area (Å²) >= 11 is 0. The lowest BCUT2D eigenvalue weighted by atomic mass is 10.2. The Morgan fingerprint density at radius 3 is 1.28 bits per heavy atom. The Morgan fingerprint density at radius 1 is 0.448 bits per heavy atom. The third kappa shape index (κ3) is 2.26. The summed E-state index contributed by atoms with van der Waals surface area (Å²) in [6.07, 6.45) is 0. The lowest BCUT2D eigenvalue weighted by Crippen LogP contribution is -2.62. The van der Waals surface area contributed by atoms with Crippen LogP contribution in [0.25, 0.3) is 0 Å². The molecule has 2 aliphatic rings. The van der Waals surface area contributed by atoms with Crippen molar-refractivity contribution in [1.82, 2.24) is 0 Å². The molecule has 0 unspecified atom stereocenters. The van der Waals surface area contributed by atoms with Gasteiger partial charge in [0.1, 0.15) is 0 Å². The van der Waals surface area contributed by atoms with Gasteiger partial charge in [0.25, 0.3) is 5.91 Å². The Hall–Kier alpha value is -3.92. The van der Waals surface area contributed by atoms with Gasteiger partial charge >= 0.3 is 0 Å². The van der Waals surface area contributed by atoms with Gasteiger partial charge in [0, 0.05) is 11.4 Å². The van der Waals surface area contributed by atoms with E-state index in [0.29, 0.717) is 0 Å². The zero-order valence-corrected chi connectivity index (χ0v) is 15.8. The molecule has 0 amide bonds. The molecular formula is C25H20N4. The van der Waals surface area contributed by atoms with Crippen LogP contribution in [0.2, 0.25) is 0 Å². The molecular weight excluding hydrogens is 356 g/mol. The van der Waals surface area contributed by atoms with Crippen LogP contribution >= 0.6 is 0 Å². The van der Waals surface area contributed by atoms with Gasteiger partial charge in [0.05, 0.1) is 22.7 Å². The second kappa shape index (κ2) is 6.04. The van der Waals surface area contributed by atoms with Crippen LogP contribution in [0.1, 0.15) is 0 Å². The lowest BCUT2D eigenvalue weighted by molar-refractivity contribution is 0.590.